The fourth-order valence-corrected chi connectivity index (χ4v) is 8.32. The zero-order valence-corrected chi connectivity index (χ0v) is 36.1. The number of aliphatic hydroxyl groups is 1. The molecule has 0 aromatic heterocycles. The Hall–Kier alpha value is -0.0400. The molecular weight excluding hydrogens is 617 g/mol. The van der Waals surface area contributed by atoms with Crippen molar-refractivity contribution in [2.45, 2.75) is 315 Å². The van der Waals surface area contributed by atoms with E-state index in [1.165, 1.54) is 302 Å². The maximum atomic E-state index is 8.81. The molecular formula is C50H102O. The van der Waals surface area contributed by atoms with Crippen molar-refractivity contribution in [1.29, 1.82) is 0 Å². The minimum absolute atomic E-state index is 0.375. The molecule has 51 heavy (non-hydrogen) atoms. The summed E-state index contributed by atoms with van der Waals surface area (Å²) in [5.41, 5.74) is 0. The van der Waals surface area contributed by atoms with Gasteiger partial charge in [-0.1, -0.05) is 309 Å². The quantitative estimate of drug-likeness (QED) is 0.0621. The van der Waals surface area contributed by atoms with E-state index in [1.54, 1.807) is 0 Å². The highest BCUT2D eigenvalue weighted by Crippen LogP contribution is 2.18. The van der Waals surface area contributed by atoms with E-state index in [4.69, 9.17) is 5.11 Å². The summed E-state index contributed by atoms with van der Waals surface area (Å²) < 4.78 is 0. The van der Waals surface area contributed by atoms with Crippen molar-refractivity contribution in [2.75, 3.05) is 6.61 Å². The highest BCUT2D eigenvalue weighted by molar-refractivity contribution is 4.54. The Balaban J connectivity index is 3.04. The summed E-state index contributed by atoms with van der Waals surface area (Å²) in [4.78, 5) is 0. The molecule has 0 aromatic rings. The molecule has 0 rings (SSSR count). The normalized spacial score (nSPS) is 11.6. The lowest BCUT2D eigenvalue weighted by Gasteiger charge is -2.05. The Morgan fingerprint density at radius 1 is 0.157 bits per heavy atom. The van der Waals surface area contributed by atoms with Gasteiger partial charge in [-0.2, -0.15) is 0 Å². The average Bonchev–Trinajstić information content (AvgIpc) is 3.14. The molecule has 0 fully saturated rings. The van der Waals surface area contributed by atoms with Crippen molar-refractivity contribution in [2.24, 2.45) is 0 Å². The van der Waals surface area contributed by atoms with Crippen LogP contribution in [0.3, 0.4) is 0 Å². The summed E-state index contributed by atoms with van der Waals surface area (Å²) in [7, 11) is 0. The highest BCUT2D eigenvalue weighted by atomic mass is 16.2. The van der Waals surface area contributed by atoms with Crippen LogP contribution in [0.1, 0.15) is 315 Å². The fourth-order valence-electron chi connectivity index (χ4n) is 8.32. The first-order valence-electron chi connectivity index (χ1n) is 25.0. The van der Waals surface area contributed by atoms with Gasteiger partial charge in [-0.3, -0.25) is 0 Å². The van der Waals surface area contributed by atoms with Crippen LogP contribution >= 0.6 is 0 Å². The molecule has 0 bridgehead atoms. The van der Waals surface area contributed by atoms with Crippen LogP contribution < -0.4 is 0 Å². The summed E-state index contributed by atoms with van der Waals surface area (Å²) >= 11 is 0. The van der Waals surface area contributed by atoms with Crippen LogP contribution in [0, 0.1) is 0 Å². The van der Waals surface area contributed by atoms with Crippen LogP contribution in [0.4, 0.5) is 0 Å². The fraction of sp³-hybridized carbons (Fsp3) is 1.00. The van der Waals surface area contributed by atoms with Crippen LogP contribution in [-0.2, 0) is 0 Å². The van der Waals surface area contributed by atoms with Gasteiger partial charge in [-0.05, 0) is 6.42 Å². The third-order valence-corrected chi connectivity index (χ3v) is 12.0. The van der Waals surface area contributed by atoms with Gasteiger partial charge in [0, 0.05) is 6.61 Å². The van der Waals surface area contributed by atoms with Crippen molar-refractivity contribution in [3.8, 4) is 0 Å². The lowest BCUT2D eigenvalue weighted by Crippen LogP contribution is -1.85. The molecule has 1 nitrogen and oxygen atoms in total. The lowest BCUT2D eigenvalue weighted by atomic mass is 10.0. The van der Waals surface area contributed by atoms with Gasteiger partial charge in [-0.25, -0.2) is 0 Å². The molecule has 0 aliphatic carbocycles. The molecule has 0 atom stereocenters. The topological polar surface area (TPSA) is 20.2 Å². The standard InChI is InChI=1S/C50H102O/c1-2-3-4-5-6-7-8-9-10-11-12-13-14-15-16-17-18-19-20-21-22-23-24-25-26-27-28-29-30-31-32-33-34-35-36-37-38-39-40-41-42-43-44-45-46-47-48-49-50-51/h51H,2-50H2,1H3. The van der Waals surface area contributed by atoms with Gasteiger partial charge < -0.3 is 5.11 Å². The molecule has 0 saturated carbocycles. The van der Waals surface area contributed by atoms with Gasteiger partial charge in [0.15, 0.2) is 0 Å². The number of rotatable bonds is 48. The minimum Gasteiger partial charge on any atom is -0.396 e. The molecule has 0 spiro atoms. The van der Waals surface area contributed by atoms with Crippen molar-refractivity contribution >= 4 is 0 Å². The maximum absolute atomic E-state index is 8.81. The van der Waals surface area contributed by atoms with E-state index < -0.39 is 0 Å². The molecule has 0 heterocycles. The summed E-state index contributed by atoms with van der Waals surface area (Å²) in [6.45, 7) is 2.69. The summed E-state index contributed by atoms with van der Waals surface area (Å²) in [6, 6.07) is 0. The summed E-state index contributed by atoms with van der Waals surface area (Å²) in [5.74, 6) is 0. The molecule has 0 aromatic carbocycles. The maximum Gasteiger partial charge on any atom is 0.0431 e. The Bertz CT molecular complexity index is 509. The number of aliphatic hydroxyl groups excluding tert-OH is 1. The van der Waals surface area contributed by atoms with E-state index in [2.05, 4.69) is 6.92 Å². The Morgan fingerprint density at radius 3 is 0.353 bits per heavy atom. The molecule has 0 aliphatic heterocycles. The van der Waals surface area contributed by atoms with Crippen LogP contribution in [-0.4, -0.2) is 11.7 Å². The first-order chi connectivity index (χ1) is 25.4. The predicted octanol–water partition coefficient (Wildman–Crippen LogP) is 18.7. The Morgan fingerprint density at radius 2 is 0.255 bits per heavy atom. The summed E-state index contributed by atoms with van der Waals surface area (Å²) in [5, 5.41) is 8.81. The zero-order chi connectivity index (χ0) is 36.6. The van der Waals surface area contributed by atoms with Gasteiger partial charge in [0.25, 0.3) is 0 Å². The van der Waals surface area contributed by atoms with Gasteiger partial charge >= 0.3 is 0 Å². The van der Waals surface area contributed by atoms with Crippen LogP contribution in [0.15, 0.2) is 0 Å². The zero-order valence-electron chi connectivity index (χ0n) is 36.1. The van der Waals surface area contributed by atoms with Gasteiger partial charge in [0.1, 0.15) is 0 Å². The third-order valence-electron chi connectivity index (χ3n) is 12.0. The van der Waals surface area contributed by atoms with Gasteiger partial charge in [0.05, 0.1) is 0 Å². The number of hydrogen-bond acceptors (Lipinski definition) is 1. The van der Waals surface area contributed by atoms with Crippen molar-refractivity contribution in [3.63, 3.8) is 0 Å². The predicted molar refractivity (Wildman–Crippen MR) is 234 cm³/mol. The molecule has 0 unspecified atom stereocenters. The Labute approximate surface area is 325 Å². The minimum atomic E-state index is 0.375. The second kappa shape index (κ2) is 50.0. The first-order valence-corrected chi connectivity index (χ1v) is 25.0. The lowest BCUT2D eigenvalue weighted by molar-refractivity contribution is 0.282. The van der Waals surface area contributed by atoms with E-state index in [0.29, 0.717) is 6.61 Å². The highest BCUT2D eigenvalue weighted by Gasteiger charge is 1.99. The molecule has 308 valence electrons. The Kier molecular flexibility index (Phi) is 49.9. The molecule has 0 saturated heterocycles. The van der Waals surface area contributed by atoms with Gasteiger partial charge in [-0.15, -0.1) is 0 Å². The molecule has 1 N–H and O–H groups in total. The largest absolute Gasteiger partial charge is 0.396 e. The van der Waals surface area contributed by atoms with Crippen molar-refractivity contribution < 1.29 is 5.11 Å². The van der Waals surface area contributed by atoms with E-state index in [9.17, 15) is 0 Å². The van der Waals surface area contributed by atoms with Crippen LogP contribution in [0.5, 0.6) is 0 Å². The molecule has 0 aliphatic rings. The second-order valence-corrected chi connectivity index (χ2v) is 17.3. The van der Waals surface area contributed by atoms with E-state index in [-0.39, 0.29) is 0 Å². The first kappa shape index (κ1) is 51.0. The summed E-state index contributed by atoms with van der Waals surface area (Å²) in [6.07, 6.45) is 70.0. The van der Waals surface area contributed by atoms with E-state index in [1.807, 2.05) is 0 Å². The molecule has 1 heteroatoms. The van der Waals surface area contributed by atoms with Crippen molar-refractivity contribution in [3.05, 3.63) is 0 Å². The number of hydrogen-bond donors (Lipinski definition) is 1. The molecule has 0 amide bonds. The van der Waals surface area contributed by atoms with Crippen molar-refractivity contribution in [1.82, 2.24) is 0 Å². The van der Waals surface area contributed by atoms with Crippen LogP contribution in [0.25, 0.3) is 0 Å². The molecule has 0 radical (unpaired) electrons. The number of unbranched alkanes of at least 4 members (excludes halogenated alkanes) is 47. The van der Waals surface area contributed by atoms with E-state index >= 15 is 0 Å². The smallest absolute Gasteiger partial charge is 0.0431 e. The second-order valence-electron chi connectivity index (χ2n) is 17.3. The van der Waals surface area contributed by atoms with E-state index in [0.717, 1.165) is 6.42 Å². The van der Waals surface area contributed by atoms with Crippen LogP contribution in [0.2, 0.25) is 0 Å². The van der Waals surface area contributed by atoms with Gasteiger partial charge in [0.2, 0.25) is 0 Å². The average molecular weight is 719 g/mol. The third kappa shape index (κ3) is 50.0. The SMILES string of the molecule is CCCCCCCCCCCCCCCCCCCCCCCCCCCCCCCCCCCCCCCCCCCCCCCCCCO. The monoisotopic (exact) mass is 719 g/mol.